The zero-order valence-electron chi connectivity index (χ0n) is 20.4. The first-order valence-corrected chi connectivity index (χ1v) is 15.3. The molecule has 5 heteroatoms. The van der Waals surface area contributed by atoms with Gasteiger partial charge in [0.15, 0.2) is 0 Å². The first kappa shape index (κ1) is 24.2. The van der Waals surface area contributed by atoms with Crippen LogP contribution in [0.3, 0.4) is 0 Å². The van der Waals surface area contributed by atoms with Gasteiger partial charge in [0.2, 0.25) is 8.32 Å². The molecule has 0 saturated carbocycles. The molecular weight excluding hydrogens is 416 g/mol. The van der Waals surface area contributed by atoms with Crippen molar-refractivity contribution in [1.29, 1.82) is 0 Å². The van der Waals surface area contributed by atoms with Crippen molar-refractivity contribution >= 4 is 19.7 Å². The van der Waals surface area contributed by atoms with Crippen molar-refractivity contribution in [3.8, 4) is 5.75 Å². The number of piperazine rings is 1. The SMILES string of the molecule is C=CCN1C[C@H](C)N([C@H](c2ccsc2)c2cccc(O[Si](C)(C)C(C)(C)C)c2)C[C@H]1C. The Morgan fingerprint density at radius 3 is 2.52 bits per heavy atom. The molecular formula is C26H40N2OSSi. The summed E-state index contributed by atoms with van der Waals surface area (Å²) in [5, 5.41) is 4.68. The van der Waals surface area contributed by atoms with E-state index in [1.165, 1.54) is 11.1 Å². The Balaban J connectivity index is 1.93. The second-order valence-electron chi connectivity index (χ2n) is 10.5. The van der Waals surface area contributed by atoms with E-state index in [4.69, 9.17) is 4.43 Å². The van der Waals surface area contributed by atoms with Gasteiger partial charge in [0.05, 0.1) is 6.04 Å². The Morgan fingerprint density at radius 1 is 1.16 bits per heavy atom. The molecule has 1 aliphatic heterocycles. The van der Waals surface area contributed by atoms with Crippen LogP contribution < -0.4 is 4.43 Å². The third-order valence-corrected chi connectivity index (χ3v) is 12.1. The molecule has 31 heavy (non-hydrogen) atoms. The van der Waals surface area contributed by atoms with Gasteiger partial charge in [0, 0.05) is 31.7 Å². The van der Waals surface area contributed by atoms with Crippen LogP contribution in [0.25, 0.3) is 0 Å². The molecule has 2 aromatic rings. The highest BCUT2D eigenvalue weighted by Crippen LogP contribution is 2.39. The minimum Gasteiger partial charge on any atom is -0.543 e. The molecule has 0 radical (unpaired) electrons. The summed E-state index contributed by atoms with van der Waals surface area (Å²) in [6, 6.07) is 12.3. The van der Waals surface area contributed by atoms with Crippen molar-refractivity contribution < 1.29 is 4.43 Å². The van der Waals surface area contributed by atoms with Crippen LogP contribution in [0, 0.1) is 0 Å². The number of hydrogen-bond donors (Lipinski definition) is 0. The molecule has 2 heterocycles. The molecule has 1 aromatic heterocycles. The summed E-state index contributed by atoms with van der Waals surface area (Å²) in [6.45, 7) is 23.2. The fraction of sp³-hybridized carbons (Fsp3) is 0.538. The van der Waals surface area contributed by atoms with Gasteiger partial charge in [-0.25, -0.2) is 0 Å². The minimum absolute atomic E-state index is 0.182. The zero-order valence-corrected chi connectivity index (χ0v) is 22.2. The maximum atomic E-state index is 6.66. The van der Waals surface area contributed by atoms with Crippen LogP contribution in [0.2, 0.25) is 18.1 Å². The Bertz CT molecular complexity index is 859. The summed E-state index contributed by atoms with van der Waals surface area (Å²) in [6.07, 6.45) is 2.02. The summed E-state index contributed by atoms with van der Waals surface area (Å²) in [7, 11) is -1.88. The van der Waals surface area contributed by atoms with Crippen LogP contribution in [-0.4, -0.2) is 49.8 Å². The van der Waals surface area contributed by atoms with Gasteiger partial charge in [0.25, 0.3) is 0 Å². The summed E-state index contributed by atoms with van der Waals surface area (Å²) in [5.74, 6) is 1.01. The lowest BCUT2D eigenvalue weighted by Crippen LogP contribution is -2.57. The van der Waals surface area contributed by atoms with E-state index < -0.39 is 8.32 Å². The highest BCUT2D eigenvalue weighted by molar-refractivity contribution is 7.08. The molecule has 170 valence electrons. The van der Waals surface area contributed by atoms with E-state index in [9.17, 15) is 0 Å². The summed E-state index contributed by atoms with van der Waals surface area (Å²) in [5.41, 5.74) is 2.71. The molecule has 0 aliphatic carbocycles. The highest BCUT2D eigenvalue weighted by Gasteiger charge is 2.39. The van der Waals surface area contributed by atoms with Gasteiger partial charge in [0.1, 0.15) is 5.75 Å². The maximum Gasteiger partial charge on any atom is 0.250 e. The molecule has 0 spiro atoms. The van der Waals surface area contributed by atoms with Gasteiger partial charge < -0.3 is 4.43 Å². The lowest BCUT2D eigenvalue weighted by atomic mass is 9.95. The quantitative estimate of drug-likeness (QED) is 0.336. The van der Waals surface area contributed by atoms with E-state index in [0.29, 0.717) is 12.1 Å². The van der Waals surface area contributed by atoms with Crippen LogP contribution >= 0.6 is 11.3 Å². The van der Waals surface area contributed by atoms with E-state index in [1.54, 1.807) is 11.3 Å². The lowest BCUT2D eigenvalue weighted by Gasteiger charge is -2.47. The third-order valence-electron chi connectivity index (χ3n) is 7.07. The molecule has 3 atom stereocenters. The fourth-order valence-corrected chi connectivity index (χ4v) is 5.91. The molecule has 1 fully saturated rings. The Labute approximate surface area is 194 Å². The third kappa shape index (κ3) is 5.51. The first-order valence-electron chi connectivity index (χ1n) is 11.5. The van der Waals surface area contributed by atoms with Crippen LogP contribution in [0.1, 0.15) is 51.8 Å². The van der Waals surface area contributed by atoms with Gasteiger partial charge in [-0.2, -0.15) is 11.3 Å². The van der Waals surface area contributed by atoms with E-state index in [-0.39, 0.29) is 11.1 Å². The minimum atomic E-state index is -1.88. The largest absolute Gasteiger partial charge is 0.543 e. The summed E-state index contributed by atoms with van der Waals surface area (Å²) in [4.78, 5) is 5.22. The van der Waals surface area contributed by atoms with Crippen LogP contribution in [0.5, 0.6) is 5.75 Å². The van der Waals surface area contributed by atoms with Gasteiger partial charge >= 0.3 is 0 Å². The van der Waals surface area contributed by atoms with Crippen molar-refractivity contribution in [1.82, 2.24) is 9.80 Å². The van der Waals surface area contributed by atoms with Gasteiger partial charge in [-0.1, -0.05) is 39.0 Å². The monoisotopic (exact) mass is 456 g/mol. The molecule has 3 rings (SSSR count). The first-order chi connectivity index (χ1) is 14.5. The highest BCUT2D eigenvalue weighted by atomic mass is 32.1. The number of thiophene rings is 1. The number of benzene rings is 1. The molecule has 1 saturated heterocycles. The van der Waals surface area contributed by atoms with E-state index in [1.807, 2.05) is 6.08 Å². The Kier molecular flexibility index (Phi) is 7.52. The van der Waals surface area contributed by atoms with Crippen molar-refractivity contribution in [2.45, 2.75) is 70.9 Å². The molecule has 0 N–H and O–H groups in total. The van der Waals surface area contributed by atoms with Crippen LogP contribution in [0.15, 0.2) is 53.7 Å². The topological polar surface area (TPSA) is 15.7 Å². The van der Waals surface area contributed by atoms with E-state index in [2.05, 4.69) is 105 Å². The molecule has 3 nitrogen and oxygen atoms in total. The van der Waals surface area contributed by atoms with E-state index in [0.717, 1.165) is 25.4 Å². The average Bonchev–Trinajstić information content (AvgIpc) is 3.19. The van der Waals surface area contributed by atoms with Crippen molar-refractivity contribution in [2.24, 2.45) is 0 Å². The van der Waals surface area contributed by atoms with Gasteiger partial charge in [-0.3, -0.25) is 9.80 Å². The lowest BCUT2D eigenvalue weighted by molar-refractivity contribution is 0.0307. The van der Waals surface area contributed by atoms with Crippen LogP contribution in [-0.2, 0) is 0 Å². The van der Waals surface area contributed by atoms with E-state index >= 15 is 0 Å². The Morgan fingerprint density at radius 2 is 1.90 bits per heavy atom. The predicted molar refractivity (Wildman–Crippen MR) is 138 cm³/mol. The molecule has 0 amide bonds. The number of hydrogen-bond acceptors (Lipinski definition) is 4. The summed E-state index contributed by atoms with van der Waals surface area (Å²) < 4.78 is 6.66. The van der Waals surface area contributed by atoms with Crippen LogP contribution in [0.4, 0.5) is 0 Å². The second-order valence-corrected chi connectivity index (χ2v) is 16.0. The molecule has 1 aromatic carbocycles. The molecule has 1 aliphatic rings. The van der Waals surface area contributed by atoms with Gasteiger partial charge in [-0.15, -0.1) is 6.58 Å². The maximum absolute atomic E-state index is 6.66. The second kappa shape index (κ2) is 9.61. The normalized spacial score (nSPS) is 22.3. The van der Waals surface area contributed by atoms with Crippen molar-refractivity contribution in [3.63, 3.8) is 0 Å². The molecule has 0 unspecified atom stereocenters. The Hall–Kier alpha value is -1.40. The smallest absolute Gasteiger partial charge is 0.250 e. The number of nitrogens with zero attached hydrogens (tertiary/aromatic N) is 2. The number of rotatable bonds is 7. The predicted octanol–water partition coefficient (Wildman–Crippen LogP) is 6.80. The molecule has 0 bridgehead atoms. The average molecular weight is 457 g/mol. The standard InChI is InChI=1S/C26H40N2OSSi/c1-9-14-27-17-21(3)28(18-20(27)2)25(23-13-15-30-19-23)22-11-10-12-24(16-22)29-31(7,8)26(4,5)6/h9-13,15-16,19-21,25H,1,14,17-18H2,2-8H3/t20-,21+,25+/m1/s1. The fourth-order valence-electron chi connectivity index (χ4n) is 4.21. The van der Waals surface area contributed by atoms with Crippen molar-refractivity contribution in [2.75, 3.05) is 19.6 Å². The van der Waals surface area contributed by atoms with Gasteiger partial charge in [-0.05, 0) is 72.1 Å². The van der Waals surface area contributed by atoms with Crippen molar-refractivity contribution in [3.05, 3.63) is 64.9 Å². The zero-order chi connectivity index (χ0) is 22.8. The summed E-state index contributed by atoms with van der Waals surface area (Å²) >= 11 is 1.78.